The van der Waals surface area contributed by atoms with E-state index in [1.165, 1.54) is 44.4 Å². The van der Waals surface area contributed by atoms with Crippen molar-refractivity contribution in [3.8, 4) is 17.2 Å². The van der Waals surface area contributed by atoms with Gasteiger partial charge in [-0.3, -0.25) is 19.3 Å². The number of rotatable bonds is 5. The van der Waals surface area contributed by atoms with Crippen molar-refractivity contribution in [3.63, 3.8) is 0 Å². The monoisotopic (exact) mass is 556 g/mol. The van der Waals surface area contributed by atoms with E-state index >= 15 is 0 Å². The molecule has 5 rings (SSSR count). The molecule has 1 aliphatic carbocycles. The molecule has 0 N–H and O–H groups in total. The predicted octanol–water partition coefficient (Wildman–Crippen LogP) is 3.89. The van der Waals surface area contributed by atoms with Gasteiger partial charge in [0.1, 0.15) is 12.2 Å². The summed E-state index contributed by atoms with van der Waals surface area (Å²) >= 11 is 0. The number of ketones is 1. The summed E-state index contributed by atoms with van der Waals surface area (Å²) in [6.07, 6.45) is -0.525. The number of allylic oxidation sites excluding steroid dienone is 4. The Balaban J connectivity index is 1.80. The average Bonchev–Trinajstić information content (AvgIpc) is 3.13. The van der Waals surface area contributed by atoms with E-state index in [4.69, 9.17) is 14.2 Å². The number of hydrogen-bond acceptors (Lipinski definition) is 6. The fourth-order valence-corrected chi connectivity index (χ4v) is 5.92. The Morgan fingerprint density at radius 1 is 1.00 bits per heavy atom. The lowest BCUT2D eigenvalue weighted by atomic mass is 9.72. The van der Waals surface area contributed by atoms with Crippen LogP contribution in [0.3, 0.4) is 0 Å². The standard InChI is InChI=1S/C29H27F3N2O6/c1-38-21-16-19-22(24(40-3)23(21)39-2)28(11-9-18(35)10-12-28)13-14-33-25(19)34(27(37)29(30,31)32)20(26(33)36)15-17-7-5-4-6-8-17/h4-12,16,20,25H,13-15H2,1-3H3/t20-,25?/m1/s1. The Labute approximate surface area is 228 Å². The number of benzene rings is 2. The molecule has 11 heteroatoms. The highest BCUT2D eigenvalue weighted by Crippen LogP contribution is 2.55. The Morgan fingerprint density at radius 3 is 2.23 bits per heavy atom. The van der Waals surface area contributed by atoms with Crippen molar-refractivity contribution in [3.05, 3.63) is 77.4 Å². The van der Waals surface area contributed by atoms with Crippen LogP contribution in [-0.4, -0.2) is 67.5 Å². The highest BCUT2D eigenvalue weighted by atomic mass is 19.4. The van der Waals surface area contributed by atoms with E-state index in [0.717, 1.165) is 0 Å². The molecule has 2 atom stereocenters. The maximum atomic E-state index is 14.1. The number of ether oxygens (including phenoxy) is 3. The first-order chi connectivity index (χ1) is 19.1. The molecule has 1 fully saturated rings. The molecule has 2 heterocycles. The number of hydrogen-bond donors (Lipinski definition) is 0. The quantitative estimate of drug-likeness (QED) is 0.556. The lowest BCUT2D eigenvalue weighted by Crippen LogP contribution is -2.47. The zero-order valence-electron chi connectivity index (χ0n) is 22.0. The van der Waals surface area contributed by atoms with Crippen molar-refractivity contribution in [1.82, 2.24) is 9.80 Å². The van der Waals surface area contributed by atoms with E-state index in [-0.39, 0.29) is 48.0 Å². The number of carbonyl (C=O) groups is 3. The summed E-state index contributed by atoms with van der Waals surface area (Å²) in [6.45, 7) is 0.00175. The summed E-state index contributed by atoms with van der Waals surface area (Å²) in [5.74, 6) is -2.50. The second kappa shape index (κ2) is 10.0. The third-order valence-electron chi connectivity index (χ3n) is 7.67. The summed E-state index contributed by atoms with van der Waals surface area (Å²) in [5, 5.41) is 0. The lowest BCUT2D eigenvalue weighted by Gasteiger charge is -2.35. The smallest absolute Gasteiger partial charge is 0.471 e. The van der Waals surface area contributed by atoms with Crippen LogP contribution in [0.4, 0.5) is 13.2 Å². The van der Waals surface area contributed by atoms with Crippen LogP contribution in [-0.2, 0) is 26.2 Å². The average molecular weight is 557 g/mol. The highest BCUT2D eigenvalue weighted by molar-refractivity contribution is 6.01. The first-order valence-electron chi connectivity index (χ1n) is 12.6. The molecule has 1 spiro atoms. The van der Waals surface area contributed by atoms with Gasteiger partial charge in [0.05, 0.1) is 21.3 Å². The van der Waals surface area contributed by atoms with Crippen molar-refractivity contribution in [1.29, 1.82) is 0 Å². The van der Waals surface area contributed by atoms with Gasteiger partial charge in [0.15, 0.2) is 17.3 Å². The minimum Gasteiger partial charge on any atom is -0.493 e. The Morgan fingerprint density at radius 2 is 1.65 bits per heavy atom. The van der Waals surface area contributed by atoms with Gasteiger partial charge >= 0.3 is 12.1 Å². The van der Waals surface area contributed by atoms with Gasteiger partial charge in [0.25, 0.3) is 0 Å². The van der Waals surface area contributed by atoms with Gasteiger partial charge in [0, 0.05) is 29.5 Å². The summed E-state index contributed by atoms with van der Waals surface area (Å²) in [4.78, 5) is 41.0. The second-order valence-electron chi connectivity index (χ2n) is 9.79. The SMILES string of the molecule is COc1cc2c(c(OC)c1OC)C1(C=CC(=O)C=C1)CCN1C(=O)[C@@H](Cc3ccccc3)N(C(=O)C(F)(F)F)C21. The number of halogens is 3. The number of fused-ring (bicyclic) bond motifs is 4. The number of alkyl halides is 3. The fraction of sp³-hybridized carbons (Fsp3) is 0.345. The van der Waals surface area contributed by atoms with Crippen LogP contribution in [0.25, 0.3) is 0 Å². The van der Waals surface area contributed by atoms with Gasteiger partial charge in [0.2, 0.25) is 11.7 Å². The molecule has 0 bridgehead atoms. The number of methoxy groups -OCH3 is 3. The third-order valence-corrected chi connectivity index (χ3v) is 7.67. The third kappa shape index (κ3) is 4.29. The minimum absolute atomic E-state index is 0.00175. The van der Waals surface area contributed by atoms with Gasteiger partial charge in [-0.2, -0.15) is 13.2 Å². The van der Waals surface area contributed by atoms with Crippen molar-refractivity contribution in [2.45, 2.75) is 36.6 Å². The fourth-order valence-electron chi connectivity index (χ4n) is 5.92. The first-order valence-corrected chi connectivity index (χ1v) is 12.6. The van der Waals surface area contributed by atoms with Crippen LogP contribution in [0.1, 0.15) is 29.3 Å². The van der Waals surface area contributed by atoms with Crippen LogP contribution in [0.15, 0.2) is 60.7 Å². The Kier molecular flexibility index (Phi) is 6.85. The highest BCUT2D eigenvalue weighted by Gasteiger charge is 2.58. The molecule has 2 aliphatic heterocycles. The van der Waals surface area contributed by atoms with E-state index in [2.05, 4.69) is 0 Å². The number of amides is 2. The maximum Gasteiger partial charge on any atom is 0.471 e. The molecular weight excluding hydrogens is 529 g/mol. The molecule has 0 radical (unpaired) electrons. The molecule has 210 valence electrons. The molecule has 2 aromatic carbocycles. The predicted molar refractivity (Wildman–Crippen MR) is 137 cm³/mol. The largest absolute Gasteiger partial charge is 0.493 e. The topological polar surface area (TPSA) is 85.4 Å². The molecule has 2 amide bonds. The van der Waals surface area contributed by atoms with Crippen LogP contribution in [0, 0.1) is 0 Å². The van der Waals surface area contributed by atoms with E-state index in [1.54, 1.807) is 42.5 Å². The summed E-state index contributed by atoms with van der Waals surface area (Å²) in [6, 6.07) is 8.66. The molecule has 3 aliphatic rings. The molecular formula is C29H27F3N2O6. The van der Waals surface area contributed by atoms with Crippen molar-refractivity contribution >= 4 is 17.6 Å². The van der Waals surface area contributed by atoms with Gasteiger partial charge in [-0.25, -0.2) is 0 Å². The van der Waals surface area contributed by atoms with Crippen molar-refractivity contribution in [2.24, 2.45) is 0 Å². The number of nitrogens with zero attached hydrogens (tertiary/aromatic N) is 2. The Bertz CT molecular complexity index is 1400. The number of carbonyl (C=O) groups excluding carboxylic acids is 3. The molecule has 2 aromatic rings. The van der Waals surface area contributed by atoms with Crippen LogP contribution in [0.5, 0.6) is 17.2 Å². The molecule has 8 nitrogen and oxygen atoms in total. The van der Waals surface area contributed by atoms with Gasteiger partial charge in [-0.05, 0) is 30.2 Å². The van der Waals surface area contributed by atoms with Gasteiger partial charge < -0.3 is 19.1 Å². The molecule has 0 saturated carbocycles. The minimum atomic E-state index is -5.24. The first kappa shape index (κ1) is 27.3. The summed E-state index contributed by atoms with van der Waals surface area (Å²) in [7, 11) is 4.14. The molecule has 1 unspecified atom stereocenters. The molecule has 40 heavy (non-hydrogen) atoms. The van der Waals surface area contributed by atoms with E-state index < -0.39 is 35.6 Å². The van der Waals surface area contributed by atoms with Gasteiger partial charge in [-0.15, -0.1) is 0 Å². The van der Waals surface area contributed by atoms with E-state index in [9.17, 15) is 27.6 Å². The lowest BCUT2D eigenvalue weighted by molar-refractivity contribution is -0.190. The normalized spacial score (nSPS) is 21.2. The summed E-state index contributed by atoms with van der Waals surface area (Å²) in [5.41, 5.74) is 0.155. The van der Waals surface area contributed by atoms with Crippen LogP contribution < -0.4 is 14.2 Å². The summed E-state index contributed by atoms with van der Waals surface area (Å²) < 4.78 is 59.2. The van der Waals surface area contributed by atoms with Crippen molar-refractivity contribution < 1.29 is 41.8 Å². The second-order valence-corrected chi connectivity index (χ2v) is 9.79. The maximum absolute atomic E-state index is 14.1. The molecule has 0 aromatic heterocycles. The Hall–Kier alpha value is -4.28. The molecule has 1 saturated heterocycles. The van der Waals surface area contributed by atoms with E-state index in [1.807, 2.05) is 0 Å². The van der Waals surface area contributed by atoms with Crippen molar-refractivity contribution in [2.75, 3.05) is 27.9 Å². The van der Waals surface area contributed by atoms with Gasteiger partial charge in [-0.1, -0.05) is 42.5 Å². The zero-order chi connectivity index (χ0) is 28.8. The van der Waals surface area contributed by atoms with Crippen LogP contribution in [0.2, 0.25) is 0 Å². The van der Waals surface area contributed by atoms with Crippen LogP contribution >= 0.6 is 0 Å². The zero-order valence-corrected chi connectivity index (χ0v) is 22.0. The van der Waals surface area contributed by atoms with E-state index in [0.29, 0.717) is 16.0 Å².